The van der Waals surface area contributed by atoms with Crippen LogP contribution < -0.4 is 14.9 Å². The van der Waals surface area contributed by atoms with E-state index in [0.717, 1.165) is 52.2 Å². The molecule has 0 saturated carbocycles. The Morgan fingerprint density at radius 3 is 2.29 bits per heavy atom. The molecule has 0 fully saturated rings. The van der Waals surface area contributed by atoms with Crippen molar-refractivity contribution in [3.63, 3.8) is 0 Å². The molecule has 1 aromatic heterocycles. The Bertz CT molecular complexity index is 1360. The Morgan fingerprint density at radius 1 is 0.842 bits per heavy atom. The lowest BCUT2D eigenvalue weighted by molar-refractivity contribution is -0.136. The molecular weight excluding hydrogens is 493 g/mol. The smallest absolute Gasteiger partial charge is 0.303 e. The van der Waals surface area contributed by atoms with Gasteiger partial charge in [-0.2, -0.15) is 0 Å². The van der Waals surface area contributed by atoms with Gasteiger partial charge in [0.05, 0.1) is 12.0 Å². The lowest BCUT2D eigenvalue weighted by Gasteiger charge is -2.15. The second-order valence-corrected chi connectivity index (χ2v) is 10.1. The first-order valence-corrected chi connectivity index (χ1v) is 13.4. The Labute approximate surface area is 227 Å². The van der Waals surface area contributed by atoms with E-state index in [1.54, 1.807) is 0 Å². The molecule has 0 amide bonds. The van der Waals surface area contributed by atoms with E-state index < -0.39 is 5.97 Å². The topological polar surface area (TPSA) is 68.7 Å². The van der Waals surface area contributed by atoms with Crippen LogP contribution in [0.15, 0.2) is 78.9 Å². The van der Waals surface area contributed by atoms with E-state index in [0.29, 0.717) is 19.6 Å². The normalized spacial score (nSPS) is 10.8. The van der Waals surface area contributed by atoms with Crippen molar-refractivity contribution in [3.8, 4) is 22.6 Å². The molecule has 38 heavy (non-hydrogen) atoms. The average molecular weight is 528 g/mol. The Balaban J connectivity index is 1.35. The monoisotopic (exact) mass is 527 g/mol. The number of rotatable bonds is 12. The molecule has 4 rings (SSSR count). The summed E-state index contributed by atoms with van der Waals surface area (Å²) in [6.45, 7) is 5.35. The number of pyridine rings is 1. The van der Waals surface area contributed by atoms with Gasteiger partial charge in [-0.3, -0.25) is 9.78 Å². The number of hydrogen-bond acceptors (Lipinski definition) is 4. The van der Waals surface area contributed by atoms with E-state index in [-0.39, 0.29) is 6.42 Å². The highest BCUT2D eigenvalue weighted by atomic mass is 31.0. The molecule has 0 saturated heterocycles. The predicted octanol–water partition coefficient (Wildman–Crippen LogP) is 6.47. The molecule has 0 bridgehead atoms. The maximum absolute atomic E-state index is 10.8. The third-order valence-electron chi connectivity index (χ3n) is 6.35. The number of carbonyl (C=O) groups is 1. The fourth-order valence-electron chi connectivity index (χ4n) is 4.53. The summed E-state index contributed by atoms with van der Waals surface area (Å²) in [7, 11) is 2.64. The highest BCUT2D eigenvalue weighted by Crippen LogP contribution is 2.32. The summed E-state index contributed by atoms with van der Waals surface area (Å²) in [6, 6.07) is 26.3. The van der Waals surface area contributed by atoms with Gasteiger partial charge in [-0.15, -0.1) is 0 Å². The highest BCUT2D eigenvalue weighted by Gasteiger charge is 2.10. The SMILES string of the molecule is Cc1cc(OCCCc2cccc(P)n2)cc(C)c1-c1cccc(COc2ccc(CCC(=O)O)cc2)c1. The average Bonchev–Trinajstić information content (AvgIpc) is 2.89. The first-order chi connectivity index (χ1) is 18.4. The Kier molecular flexibility index (Phi) is 9.51. The van der Waals surface area contributed by atoms with Crippen LogP contribution in [-0.2, 0) is 24.2 Å². The van der Waals surface area contributed by atoms with E-state index in [1.807, 2.05) is 36.4 Å². The molecule has 196 valence electrons. The number of aryl methyl sites for hydroxylation is 4. The molecule has 0 radical (unpaired) electrons. The van der Waals surface area contributed by atoms with Crippen molar-refractivity contribution in [2.45, 2.75) is 46.1 Å². The molecule has 1 heterocycles. The van der Waals surface area contributed by atoms with Gasteiger partial charge in [0.15, 0.2) is 0 Å². The lowest BCUT2D eigenvalue weighted by Crippen LogP contribution is -2.05. The van der Waals surface area contributed by atoms with Crippen LogP contribution in [0.25, 0.3) is 11.1 Å². The molecule has 0 aliphatic carbocycles. The van der Waals surface area contributed by atoms with E-state index in [9.17, 15) is 4.79 Å². The maximum atomic E-state index is 10.8. The Hall–Kier alpha value is -3.69. The van der Waals surface area contributed by atoms with Gasteiger partial charge in [0.1, 0.15) is 18.1 Å². The maximum Gasteiger partial charge on any atom is 0.303 e. The van der Waals surface area contributed by atoms with E-state index in [4.69, 9.17) is 14.6 Å². The van der Waals surface area contributed by atoms with Crippen molar-refractivity contribution in [1.29, 1.82) is 0 Å². The molecule has 0 spiro atoms. The number of nitrogens with zero attached hydrogens (tertiary/aromatic N) is 1. The number of benzene rings is 3. The number of ether oxygens (including phenoxy) is 2. The summed E-state index contributed by atoms with van der Waals surface area (Å²) in [4.78, 5) is 15.3. The number of aromatic nitrogens is 1. The fourth-order valence-corrected chi connectivity index (χ4v) is 4.81. The van der Waals surface area contributed by atoms with Gasteiger partial charge in [0, 0.05) is 12.1 Å². The van der Waals surface area contributed by atoms with Crippen molar-refractivity contribution in [1.82, 2.24) is 4.98 Å². The van der Waals surface area contributed by atoms with Crippen molar-refractivity contribution < 1.29 is 19.4 Å². The van der Waals surface area contributed by atoms with Crippen LogP contribution in [0.1, 0.15) is 40.8 Å². The summed E-state index contributed by atoms with van der Waals surface area (Å²) in [5.41, 5.74) is 8.83. The van der Waals surface area contributed by atoms with Gasteiger partial charge in [-0.25, -0.2) is 0 Å². The van der Waals surface area contributed by atoms with Crippen LogP contribution in [0.3, 0.4) is 0 Å². The minimum absolute atomic E-state index is 0.129. The molecule has 6 heteroatoms. The van der Waals surface area contributed by atoms with Gasteiger partial charge in [0.25, 0.3) is 0 Å². The van der Waals surface area contributed by atoms with Gasteiger partial charge in [-0.1, -0.05) is 45.6 Å². The van der Waals surface area contributed by atoms with Crippen LogP contribution >= 0.6 is 9.24 Å². The second-order valence-electron chi connectivity index (χ2n) is 9.46. The van der Waals surface area contributed by atoms with Crippen LogP contribution in [0.4, 0.5) is 0 Å². The van der Waals surface area contributed by atoms with Crippen molar-refractivity contribution in [2.75, 3.05) is 6.61 Å². The van der Waals surface area contributed by atoms with E-state index in [1.165, 1.54) is 16.7 Å². The first-order valence-electron chi connectivity index (χ1n) is 12.9. The zero-order valence-electron chi connectivity index (χ0n) is 21.9. The fraction of sp³-hybridized carbons (Fsp3) is 0.250. The van der Waals surface area contributed by atoms with Gasteiger partial charge < -0.3 is 14.6 Å². The zero-order chi connectivity index (χ0) is 26.9. The third kappa shape index (κ3) is 7.90. The van der Waals surface area contributed by atoms with Crippen molar-refractivity contribution in [3.05, 3.63) is 107 Å². The van der Waals surface area contributed by atoms with Crippen LogP contribution in [0.5, 0.6) is 11.5 Å². The molecule has 3 aromatic carbocycles. The summed E-state index contributed by atoms with van der Waals surface area (Å²) in [5.74, 6) is 0.868. The quantitative estimate of drug-likeness (QED) is 0.169. The third-order valence-corrected chi connectivity index (χ3v) is 6.67. The van der Waals surface area contributed by atoms with Crippen LogP contribution in [0.2, 0.25) is 0 Å². The lowest BCUT2D eigenvalue weighted by atomic mass is 9.94. The van der Waals surface area contributed by atoms with Crippen LogP contribution in [0, 0.1) is 13.8 Å². The standard InChI is InChI=1S/C32H34NO4P/c1-22-18-29(36-17-5-9-27-8-4-10-30(38)33-27)19-23(2)32(22)26-7-3-6-25(20-26)21-37-28-14-11-24(12-15-28)13-16-31(34)35/h3-4,6-8,10-12,14-15,18-20H,5,9,13,16-17,21,38H2,1-2H3,(H,34,35). The molecule has 1 atom stereocenters. The molecule has 1 unspecified atom stereocenters. The first kappa shape index (κ1) is 27.3. The zero-order valence-corrected chi connectivity index (χ0v) is 23.1. The van der Waals surface area contributed by atoms with Crippen molar-refractivity contribution in [2.24, 2.45) is 0 Å². The molecular formula is C32H34NO4P. The number of aliphatic carboxylic acids is 1. The highest BCUT2D eigenvalue weighted by molar-refractivity contribution is 7.26. The number of carboxylic acids is 1. The largest absolute Gasteiger partial charge is 0.494 e. The number of carboxylic acid groups (broad SMARTS) is 1. The molecule has 5 nitrogen and oxygen atoms in total. The van der Waals surface area contributed by atoms with Gasteiger partial charge >= 0.3 is 5.97 Å². The minimum atomic E-state index is -0.788. The van der Waals surface area contributed by atoms with Gasteiger partial charge in [-0.05, 0) is 109 Å². The summed E-state index contributed by atoms with van der Waals surface area (Å²) >= 11 is 0. The number of hydrogen-bond donors (Lipinski definition) is 1. The van der Waals surface area contributed by atoms with E-state index >= 15 is 0 Å². The van der Waals surface area contributed by atoms with E-state index in [2.05, 4.69) is 70.5 Å². The summed E-state index contributed by atoms with van der Waals surface area (Å²) in [5, 5.41) is 8.85. The summed E-state index contributed by atoms with van der Waals surface area (Å²) < 4.78 is 12.1. The molecule has 4 aromatic rings. The Morgan fingerprint density at radius 2 is 1.58 bits per heavy atom. The summed E-state index contributed by atoms with van der Waals surface area (Å²) in [6.07, 6.45) is 2.45. The van der Waals surface area contributed by atoms with Crippen molar-refractivity contribution >= 4 is 20.6 Å². The molecule has 1 N–H and O–H groups in total. The molecule has 0 aliphatic heterocycles. The minimum Gasteiger partial charge on any atom is -0.494 e. The van der Waals surface area contributed by atoms with Gasteiger partial charge in [0.2, 0.25) is 0 Å². The predicted molar refractivity (Wildman–Crippen MR) is 155 cm³/mol. The van der Waals surface area contributed by atoms with Crippen LogP contribution in [-0.4, -0.2) is 22.7 Å². The second kappa shape index (κ2) is 13.2. The molecule has 0 aliphatic rings.